The van der Waals surface area contributed by atoms with Crippen LogP contribution in [0.4, 0.5) is 22.0 Å². The maximum Gasteiger partial charge on any atom is 0.416 e. The first-order valence-corrected chi connectivity index (χ1v) is 11.7. The molecule has 1 aromatic rings. The van der Waals surface area contributed by atoms with Crippen molar-refractivity contribution < 1.29 is 31.9 Å². The molecule has 1 saturated heterocycles. The van der Waals surface area contributed by atoms with Gasteiger partial charge in [-0.1, -0.05) is 67.0 Å². The van der Waals surface area contributed by atoms with Gasteiger partial charge in [0.25, 0.3) is 11.9 Å². The molecule has 1 unspecified atom stereocenters. The van der Waals surface area contributed by atoms with Crippen LogP contribution >= 0.6 is 0 Å². The Hall–Kier alpha value is -1.70. The fourth-order valence-corrected chi connectivity index (χ4v) is 2.95. The summed E-state index contributed by atoms with van der Waals surface area (Å²) in [5.74, 6) is -3.61. The lowest BCUT2D eigenvalue weighted by atomic mass is 9.88. The van der Waals surface area contributed by atoms with Crippen molar-refractivity contribution in [2.75, 3.05) is 13.1 Å². The van der Waals surface area contributed by atoms with E-state index in [1.54, 1.807) is 0 Å². The predicted molar refractivity (Wildman–Crippen MR) is 127 cm³/mol. The number of rotatable bonds is 3. The molecule has 1 fully saturated rings. The van der Waals surface area contributed by atoms with E-state index in [0.717, 1.165) is 25.5 Å². The van der Waals surface area contributed by atoms with Crippen LogP contribution in [0.5, 0.6) is 0 Å². The summed E-state index contributed by atoms with van der Waals surface area (Å²) in [5.41, 5.74) is 0.385. The second kappa shape index (κ2) is 12.8. The first-order chi connectivity index (χ1) is 15.2. The van der Waals surface area contributed by atoms with Gasteiger partial charge >= 0.3 is 6.18 Å². The van der Waals surface area contributed by atoms with Crippen LogP contribution in [0.3, 0.4) is 0 Å². The number of likely N-dealkylation sites (tertiary alicyclic amines) is 1. The quantitative estimate of drug-likeness (QED) is 0.428. The van der Waals surface area contributed by atoms with E-state index in [2.05, 4.69) is 48.5 Å². The first-order valence-electron chi connectivity index (χ1n) is 11.7. The normalized spacial score (nSPS) is 18.8. The molecule has 0 saturated carbocycles. The Morgan fingerprint density at radius 2 is 1.47 bits per heavy atom. The van der Waals surface area contributed by atoms with Crippen molar-refractivity contribution in [3.05, 3.63) is 35.4 Å². The van der Waals surface area contributed by atoms with Crippen LogP contribution in [0.25, 0.3) is 0 Å². The van der Waals surface area contributed by atoms with Gasteiger partial charge in [0.15, 0.2) is 0 Å². The number of carboxylic acid groups (broad SMARTS) is 1. The summed E-state index contributed by atoms with van der Waals surface area (Å²) in [5, 5.41) is 7.42. The van der Waals surface area contributed by atoms with Crippen LogP contribution in [-0.2, 0) is 11.0 Å². The number of aliphatic carboxylic acids is 1. The molecule has 1 N–H and O–H groups in total. The van der Waals surface area contributed by atoms with Gasteiger partial charge in [0, 0.05) is 32.4 Å². The lowest BCUT2D eigenvalue weighted by Crippen LogP contribution is -2.43. The smallest absolute Gasteiger partial charge is 0.416 e. The SMILES string of the molecule is CC(=O)O.CC(C)(C)CCN1CCC(F)(F)CC1c1ccc(C(F)(F)F)cc1.CCC(C)(C)C. The summed E-state index contributed by atoms with van der Waals surface area (Å²) in [4.78, 5) is 11.0. The topological polar surface area (TPSA) is 40.5 Å². The average Bonchev–Trinajstić information content (AvgIpc) is 2.65. The van der Waals surface area contributed by atoms with Crippen LogP contribution in [0, 0.1) is 10.8 Å². The highest BCUT2D eigenvalue weighted by atomic mass is 19.4. The van der Waals surface area contributed by atoms with Crippen LogP contribution < -0.4 is 0 Å². The molecule has 1 atom stereocenters. The third-order valence-electron chi connectivity index (χ3n) is 5.53. The minimum atomic E-state index is -4.42. The number of carboxylic acids is 1. The van der Waals surface area contributed by atoms with E-state index in [9.17, 15) is 22.0 Å². The van der Waals surface area contributed by atoms with Crippen LogP contribution in [0.1, 0.15) is 98.2 Å². The summed E-state index contributed by atoms with van der Waals surface area (Å²) < 4.78 is 65.7. The minimum absolute atomic E-state index is 0.0741. The molecular weight excluding hydrogens is 453 g/mol. The molecule has 8 heteroatoms. The molecule has 198 valence electrons. The summed E-state index contributed by atoms with van der Waals surface area (Å²) in [6, 6.07) is 4.07. The Kier molecular flexibility index (Phi) is 12.2. The van der Waals surface area contributed by atoms with E-state index in [4.69, 9.17) is 9.90 Å². The monoisotopic (exact) mass is 495 g/mol. The molecule has 1 aliphatic heterocycles. The highest BCUT2D eigenvalue weighted by Gasteiger charge is 2.41. The van der Waals surface area contributed by atoms with Gasteiger partial charge in [-0.05, 0) is 41.5 Å². The van der Waals surface area contributed by atoms with Crippen LogP contribution in [-0.4, -0.2) is 35.0 Å². The van der Waals surface area contributed by atoms with Gasteiger partial charge in [0.1, 0.15) is 0 Å². The molecular formula is C26H42F5NO2. The van der Waals surface area contributed by atoms with Crippen molar-refractivity contribution in [1.82, 2.24) is 4.90 Å². The van der Waals surface area contributed by atoms with Gasteiger partial charge in [0.2, 0.25) is 0 Å². The highest BCUT2D eigenvalue weighted by molar-refractivity contribution is 5.62. The van der Waals surface area contributed by atoms with E-state index >= 15 is 0 Å². The third-order valence-corrected chi connectivity index (χ3v) is 5.53. The fraction of sp³-hybridized carbons (Fsp3) is 0.731. The van der Waals surface area contributed by atoms with Crippen molar-refractivity contribution in [2.24, 2.45) is 10.8 Å². The zero-order chi connectivity index (χ0) is 27.0. The maximum absolute atomic E-state index is 13.8. The number of alkyl halides is 5. The third kappa shape index (κ3) is 14.5. The molecule has 0 spiro atoms. The average molecular weight is 496 g/mol. The highest BCUT2D eigenvalue weighted by Crippen LogP contribution is 2.41. The standard InChI is InChI=1S/C18H24F5N.C6H14.C2H4O2/c1-16(2,3)8-10-24-11-9-17(19,20)12-15(24)13-4-6-14(7-5-13)18(21,22)23;1-5-6(2,3)4;1-2(3)4/h4-7,15H,8-12H2,1-3H3;5H2,1-4H3;1H3,(H,3,4). The van der Waals surface area contributed by atoms with E-state index in [-0.39, 0.29) is 24.8 Å². The minimum Gasteiger partial charge on any atom is -0.481 e. The Morgan fingerprint density at radius 1 is 1.03 bits per heavy atom. The maximum atomic E-state index is 13.8. The van der Waals surface area contributed by atoms with Gasteiger partial charge in [0.05, 0.1) is 5.56 Å². The molecule has 1 aliphatic rings. The number of halogens is 5. The molecule has 0 amide bonds. The molecule has 0 bridgehead atoms. The second-order valence-electron chi connectivity index (χ2n) is 11.2. The largest absolute Gasteiger partial charge is 0.481 e. The molecule has 1 heterocycles. The van der Waals surface area contributed by atoms with Crippen molar-refractivity contribution in [3.8, 4) is 0 Å². The lowest BCUT2D eigenvalue weighted by Gasteiger charge is -2.40. The lowest BCUT2D eigenvalue weighted by molar-refractivity contribution is -0.137. The van der Waals surface area contributed by atoms with Gasteiger partial charge in [-0.3, -0.25) is 9.69 Å². The predicted octanol–water partition coefficient (Wildman–Crippen LogP) is 8.45. The molecule has 0 aliphatic carbocycles. The molecule has 3 nitrogen and oxygen atoms in total. The zero-order valence-corrected chi connectivity index (χ0v) is 21.8. The van der Waals surface area contributed by atoms with Crippen LogP contribution in [0.15, 0.2) is 24.3 Å². The van der Waals surface area contributed by atoms with Gasteiger partial charge < -0.3 is 5.11 Å². The number of carbonyl (C=O) groups is 1. The van der Waals surface area contributed by atoms with Gasteiger partial charge in [-0.25, -0.2) is 8.78 Å². The summed E-state index contributed by atoms with van der Waals surface area (Å²) >= 11 is 0. The van der Waals surface area contributed by atoms with E-state index in [1.165, 1.54) is 18.6 Å². The number of hydrogen-bond donors (Lipinski definition) is 1. The number of nitrogens with zero attached hydrogens (tertiary/aromatic N) is 1. The first kappa shape index (κ1) is 32.3. The Morgan fingerprint density at radius 3 is 1.82 bits per heavy atom. The Labute approximate surface area is 201 Å². The second-order valence-corrected chi connectivity index (χ2v) is 11.2. The van der Waals surface area contributed by atoms with Crippen molar-refractivity contribution in [1.29, 1.82) is 0 Å². The molecule has 34 heavy (non-hydrogen) atoms. The molecule has 1 aromatic carbocycles. The number of hydrogen-bond acceptors (Lipinski definition) is 2. The van der Waals surface area contributed by atoms with Crippen LogP contribution in [0.2, 0.25) is 0 Å². The van der Waals surface area contributed by atoms with E-state index in [0.29, 0.717) is 17.5 Å². The summed E-state index contributed by atoms with van der Waals surface area (Å²) in [7, 11) is 0. The number of piperidine rings is 1. The van der Waals surface area contributed by atoms with Gasteiger partial charge in [-0.2, -0.15) is 13.2 Å². The molecule has 2 rings (SSSR count). The van der Waals surface area contributed by atoms with E-state index in [1.807, 2.05) is 4.90 Å². The van der Waals surface area contributed by atoms with Crippen molar-refractivity contribution >= 4 is 5.97 Å². The van der Waals surface area contributed by atoms with Gasteiger partial charge in [-0.15, -0.1) is 0 Å². The van der Waals surface area contributed by atoms with Crippen molar-refractivity contribution in [2.45, 2.75) is 99.2 Å². The Bertz CT molecular complexity index is 728. The Balaban J connectivity index is 0.000000917. The molecule has 0 aromatic heterocycles. The molecule has 0 radical (unpaired) electrons. The van der Waals surface area contributed by atoms with Crippen molar-refractivity contribution in [3.63, 3.8) is 0 Å². The number of benzene rings is 1. The van der Waals surface area contributed by atoms with E-state index < -0.39 is 29.7 Å². The fourth-order valence-electron chi connectivity index (χ4n) is 2.95. The summed E-state index contributed by atoms with van der Waals surface area (Å²) in [6.07, 6.45) is -2.85. The summed E-state index contributed by atoms with van der Waals surface area (Å²) in [6.45, 7) is 17.2. The zero-order valence-electron chi connectivity index (χ0n) is 21.8.